The molecule has 1 saturated carbocycles. The third-order valence-corrected chi connectivity index (χ3v) is 4.45. The van der Waals surface area contributed by atoms with Crippen LogP contribution in [0, 0.1) is 0 Å². The smallest absolute Gasteiger partial charge is 0.416 e. The zero-order valence-corrected chi connectivity index (χ0v) is 14.4. The number of para-hydroxylation sites is 2. The van der Waals surface area contributed by atoms with Gasteiger partial charge in [0.15, 0.2) is 5.69 Å². The molecular weight excluding hydrogens is 373 g/mol. The zero-order chi connectivity index (χ0) is 19.9. The van der Waals surface area contributed by atoms with Gasteiger partial charge in [0.2, 0.25) is 0 Å². The predicted molar refractivity (Wildman–Crippen MR) is 94.4 cm³/mol. The number of nitrogens with one attached hydrogen (secondary N) is 1. The monoisotopic (exact) mass is 388 g/mol. The highest BCUT2D eigenvalue weighted by molar-refractivity contribution is 6.04. The number of carbonyl (C=O) groups is 1. The summed E-state index contributed by atoms with van der Waals surface area (Å²) < 4.78 is 40.4. The second-order valence-electron chi connectivity index (χ2n) is 6.53. The van der Waals surface area contributed by atoms with Gasteiger partial charge in [0.05, 0.1) is 22.6 Å². The van der Waals surface area contributed by atoms with Crippen molar-refractivity contribution < 1.29 is 23.1 Å². The lowest BCUT2D eigenvalue weighted by Gasteiger charge is -2.11. The van der Waals surface area contributed by atoms with Gasteiger partial charge in [0, 0.05) is 5.92 Å². The minimum Gasteiger partial charge on any atom is -0.506 e. The molecule has 2 aromatic carbocycles. The quantitative estimate of drug-likeness (QED) is 0.659. The van der Waals surface area contributed by atoms with E-state index in [1.165, 1.54) is 28.9 Å². The molecular formula is C19H15F3N4O2. The number of hydrogen-bond donors (Lipinski definition) is 2. The van der Waals surface area contributed by atoms with Crippen LogP contribution < -0.4 is 5.32 Å². The largest absolute Gasteiger partial charge is 0.506 e. The van der Waals surface area contributed by atoms with Crippen molar-refractivity contribution in [1.29, 1.82) is 0 Å². The number of rotatable bonds is 4. The van der Waals surface area contributed by atoms with Gasteiger partial charge in [-0.25, -0.2) is 4.68 Å². The van der Waals surface area contributed by atoms with E-state index < -0.39 is 17.6 Å². The van der Waals surface area contributed by atoms with E-state index in [1.54, 1.807) is 12.1 Å². The molecule has 9 heteroatoms. The molecule has 0 aliphatic heterocycles. The molecule has 28 heavy (non-hydrogen) atoms. The summed E-state index contributed by atoms with van der Waals surface area (Å²) in [5, 5.41) is 20.2. The van der Waals surface area contributed by atoms with Gasteiger partial charge >= 0.3 is 6.18 Å². The van der Waals surface area contributed by atoms with Crippen LogP contribution in [0.4, 0.5) is 18.9 Å². The van der Waals surface area contributed by atoms with Crippen LogP contribution in [0.3, 0.4) is 0 Å². The fourth-order valence-electron chi connectivity index (χ4n) is 2.94. The van der Waals surface area contributed by atoms with Crippen LogP contribution in [0.1, 0.15) is 40.5 Å². The second-order valence-corrected chi connectivity index (χ2v) is 6.53. The molecule has 0 bridgehead atoms. The van der Waals surface area contributed by atoms with Crippen LogP contribution in [0.25, 0.3) is 5.69 Å². The van der Waals surface area contributed by atoms with E-state index in [2.05, 4.69) is 15.6 Å². The highest BCUT2D eigenvalue weighted by Gasteiger charge is 2.35. The van der Waals surface area contributed by atoms with E-state index in [4.69, 9.17) is 0 Å². The molecule has 3 aromatic rings. The third-order valence-electron chi connectivity index (χ3n) is 4.45. The Kier molecular flexibility index (Phi) is 4.29. The molecule has 1 amide bonds. The summed E-state index contributed by atoms with van der Waals surface area (Å²) in [6.45, 7) is 0. The van der Waals surface area contributed by atoms with Crippen molar-refractivity contribution >= 4 is 11.6 Å². The van der Waals surface area contributed by atoms with Gasteiger partial charge < -0.3 is 10.4 Å². The molecule has 0 radical (unpaired) electrons. The lowest BCUT2D eigenvalue weighted by molar-refractivity contribution is -0.137. The normalized spacial score (nSPS) is 14.1. The first kappa shape index (κ1) is 18.0. The Labute approximate surface area is 157 Å². The Bertz CT molecular complexity index is 1040. The number of phenolic OH excluding ortho intramolecular Hbond substituents is 1. The number of anilines is 1. The Hall–Kier alpha value is -3.36. The van der Waals surface area contributed by atoms with Crippen molar-refractivity contribution in [3.63, 3.8) is 0 Å². The van der Waals surface area contributed by atoms with E-state index in [-0.39, 0.29) is 28.7 Å². The molecule has 6 nitrogen and oxygen atoms in total. The average Bonchev–Trinajstić information content (AvgIpc) is 3.40. The molecule has 1 aliphatic rings. The van der Waals surface area contributed by atoms with Crippen LogP contribution >= 0.6 is 0 Å². The summed E-state index contributed by atoms with van der Waals surface area (Å²) >= 11 is 0. The number of amides is 1. The molecule has 0 atom stereocenters. The molecule has 2 N–H and O–H groups in total. The number of hydrogen-bond acceptors (Lipinski definition) is 4. The molecule has 0 saturated heterocycles. The lowest BCUT2D eigenvalue weighted by Crippen LogP contribution is -2.15. The average molecular weight is 388 g/mol. The molecule has 1 heterocycles. The van der Waals surface area contributed by atoms with Gasteiger partial charge in [-0.05, 0) is 43.2 Å². The van der Waals surface area contributed by atoms with Gasteiger partial charge in [-0.15, -0.1) is 5.10 Å². The molecule has 144 valence electrons. The van der Waals surface area contributed by atoms with Crippen LogP contribution in [0.5, 0.6) is 5.75 Å². The number of halogens is 3. The topological polar surface area (TPSA) is 80.0 Å². The first-order valence-electron chi connectivity index (χ1n) is 8.57. The Morgan fingerprint density at radius 1 is 1.14 bits per heavy atom. The molecule has 1 aliphatic carbocycles. The summed E-state index contributed by atoms with van der Waals surface area (Å²) in [4.78, 5) is 12.7. The maximum absolute atomic E-state index is 13.0. The molecule has 1 aromatic heterocycles. The van der Waals surface area contributed by atoms with Crippen molar-refractivity contribution in [2.24, 2.45) is 0 Å². The summed E-state index contributed by atoms with van der Waals surface area (Å²) in [5.74, 6) is -0.689. The van der Waals surface area contributed by atoms with Crippen molar-refractivity contribution in [2.45, 2.75) is 24.9 Å². The van der Waals surface area contributed by atoms with E-state index in [1.807, 2.05) is 0 Å². The molecule has 4 rings (SSSR count). The molecule has 0 unspecified atom stereocenters. The van der Waals surface area contributed by atoms with Crippen LogP contribution in [0.15, 0.2) is 48.5 Å². The number of phenols is 1. The molecule has 0 spiro atoms. The van der Waals surface area contributed by atoms with E-state index in [0.717, 1.165) is 25.0 Å². The van der Waals surface area contributed by atoms with Crippen molar-refractivity contribution in [1.82, 2.24) is 15.0 Å². The summed E-state index contributed by atoms with van der Waals surface area (Å²) in [6.07, 6.45) is -2.90. The number of aromatic nitrogens is 3. The fraction of sp³-hybridized carbons (Fsp3) is 0.211. The standard InChI is InChI=1S/C19H15F3N4O2/c20-19(21,22)12-4-3-5-13(10-12)26-17(11-8-9-11)16(24-25-26)18(28)23-14-6-1-2-7-15(14)27/h1-7,10-11,27H,8-9H2,(H,23,28). The minimum atomic E-state index is -4.48. The third kappa shape index (κ3) is 3.42. The van der Waals surface area contributed by atoms with Crippen molar-refractivity contribution in [3.8, 4) is 11.4 Å². The van der Waals surface area contributed by atoms with Crippen LogP contribution in [-0.4, -0.2) is 26.0 Å². The maximum atomic E-state index is 13.0. The van der Waals surface area contributed by atoms with Gasteiger partial charge in [-0.3, -0.25) is 4.79 Å². The van der Waals surface area contributed by atoms with Gasteiger partial charge in [-0.1, -0.05) is 23.4 Å². The Morgan fingerprint density at radius 3 is 2.57 bits per heavy atom. The highest BCUT2D eigenvalue weighted by atomic mass is 19.4. The second kappa shape index (κ2) is 6.66. The number of benzene rings is 2. The van der Waals surface area contributed by atoms with E-state index in [9.17, 15) is 23.1 Å². The maximum Gasteiger partial charge on any atom is 0.416 e. The van der Waals surface area contributed by atoms with E-state index >= 15 is 0 Å². The lowest BCUT2D eigenvalue weighted by atomic mass is 10.1. The summed E-state index contributed by atoms with van der Waals surface area (Å²) in [7, 11) is 0. The first-order chi connectivity index (χ1) is 13.3. The van der Waals surface area contributed by atoms with Gasteiger partial charge in [0.1, 0.15) is 5.75 Å². The number of aromatic hydroxyl groups is 1. The SMILES string of the molecule is O=C(Nc1ccccc1O)c1nnn(-c2cccc(C(F)(F)F)c2)c1C1CC1. The fourth-order valence-corrected chi connectivity index (χ4v) is 2.94. The number of nitrogens with zero attached hydrogens (tertiary/aromatic N) is 3. The van der Waals surface area contributed by atoms with Gasteiger partial charge in [-0.2, -0.15) is 13.2 Å². The van der Waals surface area contributed by atoms with Gasteiger partial charge in [0.25, 0.3) is 5.91 Å². The van der Waals surface area contributed by atoms with Crippen LogP contribution in [0.2, 0.25) is 0 Å². The number of carbonyl (C=O) groups excluding carboxylic acids is 1. The minimum absolute atomic E-state index is 0.00494. The Balaban J connectivity index is 1.71. The summed E-state index contributed by atoms with van der Waals surface area (Å²) in [5.41, 5.74) is 0.0894. The van der Waals surface area contributed by atoms with Crippen LogP contribution in [-0.2, 0) is 6.18 Å². The van der Waals surface area contributed by atoms with Crippen molar-refractivity contribution in [3.05, 3.63) is 65.5 Å². The zero-order valence-electron chi connectivity index (χ0n) is 14.4. The number of alkyl halides is 3. The predicted octanol–water partition coefficient (Wildman–Crippen LogP) is 4.12. The van der Waals surface area contributed by atoms with Crippen molar-refractivity contribution in [2.75, 3.05) is 5.32 Å². The summed E-state index contributed by atoms with van der Waals surface area (Å²) in [6, 6.07) is 11.0. The molecule has 1 fully saturated rings. The Morgan fingerprint density at radius 2 is 1.89 bits per heavy atom. The highest BCUT2D eigenvalue weighted by Crippen LogP contribution is 2.42. The first-order valence-corrected chi connectivity index (χ1v) is 8.57. The van der Waals surface area contributed by atoms with E-state index in [0.29, 0.717) is 5.69 Å².